The van der Waals surface area contributed by atoms with E-state index in [-0.39, 0.29) is 5.41 Å². The Labute approximate surface area is 120 Å². The highest BCUT2D eigenvalue weighted by molar-refractivity contribution is 7.11. The zero-order valence-corrected chi connectivity index (χ0v) is 13.3. The van der Waals surface area contributed by atoms with Gasteiger partial charge in [-0.05, 0) is 13.0 Å². The molecule has 0 atom stereocenters. The molecule has 0 spiro atoms. The minimum atomic E-state index is 0.151. The summed E-state index contributed by atoms with van der Waals surface area (Å²) < 4.78 is 10.3. The largest absolute Gasteiger partial charge is 0.382 e. The first-order valence-corrected chi connectivity index (χ1v) is 7.58. The third-order valence-electron chi connectivity index (χ3n) is 2.57. The van der Waals surface area contributed by atoms with Gasteiger partial charge in [0.1, 0.15) is 0 Å². The summed E-state index contributed by atoms with van der Waals surface area (Å²) in [6.07, 6.45) is 3.00. The molecule has 0 fully saturated rings. The van der Waals surface area contributed by atoms with Crippen molar-refractivity contribution in [2.24, 2.45) is 0 Å². The van der Waals surface area contributed by atoms with Gasteiger partial charge in [-0.25, -0.2) is 4.98 Å². The molecule has 0 saturated carbocycles. The van der Waals surface area contributed by atoms with Gasteiger partial charge in [-0.15, -0.1) is 11.3 Å². The average molecular weight is 286 g/mol. The summed E-state index contributed by atoms with van der Waals surface area (Å²) >= 11 is 1.79. The van der Waals surface area contributed by atoms with E-state index in [0.717, 1.165) is 26.1 Å². The zero-order chi connectivity index (χ0) is 14.1. The Hall–Kier alpha value is -0.490. The zero-order valence-electron chi connectivity index (χ0n) is 12.5. The van der Waals surface area contributed by atoms with Crippen molar-refractivity contribution >= 4 is 11.3 Å². The van der Waals surface area contributed by atoms with Crippen LogP contribution in [0.3, 0.4) is 0 Å². The van der Waals surface area contributed by atoms with Crippen molar-refractivity contribution in [2.75, 3.05) is 33.5 Å². The Morgan fingerprint density at radius 2 is 2.05 bits per heavy atom. The first-order valence-electron chi connectivity index (χ1n) is 6.76. The molecule has 0 unspecified atom stereocenters. The summed E-state index contributed by atoms with van der Waals surface area (Å²) in [6.45, 7) is 10.6. The third-order valence-corrected chi connectivity index (χ3v) is 3.99. The number of hydrogen-bond donors (Lipinski definition) is 1. The van der Waals surface area contributed by atoms with E-state index in [9.17, 15) is 0 Å². The lowest BCUT2D eigenvalue weighted by atomic mass is 9.98. The molecule has 0 aliphatic rings. The van der Waals surface area contributed by atoms with Gasteiger partial charge in [0.05, 0.1) is 18.2 Å². The summed E-state index contributed by atoms with van der Waals surface area (Å²) in [7, 11) is 1.69. The van der Waals surface area contributed by atoms with Crippen LogP contribution in [-0.4, -0.2) is 38.5 Å². The van der Waals surface area contributed by atoms with Crippen LogP contribution in [0.1, 0.15) is 37.1 Å². The maximum absolute atomic E-state index is 5.40. The van der Waals surface area contributed by atoms with Crippen LogP contribution in [0.25, 0.3) is 0 Å². The van der Waals surface area contributed by atoms with Crippen LogP contribution in [-0.2, 0) is 21.4 Å². The van der Waals surface area contributed by atoms with E-state index in [1.165, 1.54) is 9.88 Å². The van der Waals surface area contributed by atoms with Crippen LogP contribution in [0, 0.1) is 0 Å². The van der Waals surface area contributed by atoms with Crippen LogP contribution in [0.2, 0.25) is 0 Å². The second-order valence-electron chi connectivity index (χ2n) is 5.52. The molecule has 1 rings (SSSR count). The van der Waals surface area contributed by atoms with Crippen LogP contribution < -0.4 is 5.32 Å². The monoisotopic (exact) mass is 286 g/mol. The molecule has 1 heterocycles. The van der Waals surface area contributed by atoms with Crippen LogP contribution in [0.15, 0.2) is 6.20 Å². The standard InChI is InChI=1S/C14H26N2O2S/c1-14(2,3)13-16-11-12(19-13)10-15-6-5-7-18-9-8-17-4/h11,15H,5-10H2,1-4H3. The Bertz CT molecular complexity index is 347. The minimum absolute atomic E-state index is 0.151. The molecule has 0 aliphatic carbocycles. The van der Waals surface area contributed by atoms with E-state index in [4.69, 9.17) is 9.47 Å². The summed E-state index contributed by atoms with van der Waals surface area (Å²) in [5, 5.41) is 4.62. The first-order chi connectivity index (χ1) is 9.04. The molecule has 0 aromatic carbocycles. The van der Waals surface area contributed by atoms with E-state index < -0.39 is 0 Å². The van der Waals surface area contributed by atoms with Gasteiger partial charge in [0.2, 0.25) is 0 Å². The van der Waals surface area contributed by atoms with Crippen molar-refractivity contribution in [3.63, 3.8) is 0 Å². The predicted molar refractivity (Wildman–Crippen MR) is 79.8 cm³/mol. The Balaban J connectivity index is 2.08. The molecule has 110 valence electrons. The maximum Gasteiger partial charge on any atom is 0.0981 e. The molecule has 0 aliphatic heterocycles. The Morgan fingerprint density at radius 3 is 2.68 bits per heavy atom. The number of thiazole rings is 1. The number of nitrogens with zero attached hydrogens (tertiary/aromatic N) is 1. The molecule has 0 radical (unpaired) electrons. The molecule has 1 aromatic heterocycles. The molecular weight excluding hydrogens is 260 g/mol. The van der Waals surface area contributed by atoms with Gasteiger partial charge in [0, 0.05) is 36.8 Å². The van der Waals surface area contributed by atoms with Gasteiger partial charge in [-0.1, -0.05) is 20.8 Å². The van der Waals surface area contributed by atoms with Crippen LogP contribution in [0.5, 0.6) is 0 Å². The predicted octanol–water partition coefficient (Wildman–Crippen LogP) is 2.58. The molecular formula is C14H26N2O2S. The van der Waals surface area contributed by atoms with Crippen LogP contribution >= 0.6 is 11.3 Å². The SMILES string of the molecule is COCCOCCCNCc1cnc(C(C)(C)C)s1. The number of methoxy groups -OCH3 is 1. The maximum atomic E-state index is 5.40. The quantitative estimate of drug-likeness (QED) is 0.709. The first kappa shape index (κ1) is 16.6. The number of ether oxygens (including phenoxy) is 2. The molecule has 0 bridgehead atoms. The van der Waals surface area contributed by atoms with Crippen molar-refractivity contribution in [1.29, 1.82) is 0 Å². The van der Waals surface area contributed by atoms with Gasteiger partial charge in [0.25, 0.3) is 0 Å². The highest BCUT2D eigenvalue weighted by atomic mass is 32.1. The van der Waals surface area contributed by atoms with E-state index in [1.54, 1.807) is 18.4 Å². The minimum Gasteiger partial charge on any atom is -0.382 e. The van der Waals surface area contributed by atoms with Gasteiger partial charge in [-0.3, -0.25) is 0 Å². The van der Waals surface area contributed by atoms with Crippen molar-refractivity contribution in [3.05, 3.63) is 16.1 Å². The normalized spacial score (nSPS) is 12.0. The fourth-order valence-corrected chi connectivity index (χ4v) is 2.43. The molecule has 5 heteroatoms. The Kier molecular flexibility index (Phi) is 7.53. The van der Waals surface area contributed by atoms with E-state index in [1.807, 2.05) is 6.20 Å². The molecule has 1 aromatic rings. The summed E-state index contributed by atoms with van der Waals surface area (Å²) in [5.41, 5.74) is 0.151. The van der Waals surface area contributed by atoms with E-state index in [0.29, 0.717) is 13.2 Å². The van der Waals surface area contributed by atoms with E-state index >= 15 is 0 Å². The number of aromatic nitrogens is 1. The number of rotatable bonds is 9. The molecule has 0 saturated heterocycles. The number of nitrogens with one attached hydrogen (secondary N) is 1. The van der Waals surface area contributed by atoms with Gasteiger partial charge < -0.3 is 14.8 Å². The van der Waals surface area contributed by atoms with Crippen molar-refractivity contribution in [1.82, 2.24) is 10.3 Å². The van der Waals surface area contributed by atoms with Crippen molar-refractivity contribution in [3.8, 4) is 0 Å². The highest BCUT2D eigenvalue weighted by Crippen LogP contribution is 2.26. The van der Waals surface area contributed by atoms with Crippen molar-refractivity contribution in [2.45, 2.75) is 39.2 Å². The van der Waals surface area contributed by atoms with Gasteiger partial charge in [-0.2, -0.15) is 0 Å². The van der Waals surface area contributed by atoms with Gasteiger partial charge >= 0.3 is 0 Å². The lowest BCUT2D eigenvalue weighted by molar-refractivity contribution is 0.0695. The molecule has 1 N–H and O–H groups in total. The molecule has 4 nitrogen and oxygen atoms in total. The van der Waals surface area contributed by atoms with Crippen molar-refractivity contribution < 1.29 is 9.47 Å². The summed E-state index contributed by atoms with van der Waals surface area (Å²) in [6, 6.07) is 0. The lowest BCUT2D eigenvalue weighted by Crippen LogP contribution is -2.16. The highest BCUT2D eigenvalue weighted by Gasteiger charge is 2.17. The third kappa shape index (κ3) is 7.01. The molecule has 19 heavy (non-hydrogen) atoms. The smallest absolute Gasteiger partial charge is 0.0981 e. The summed E-state index contributed by atoms with van der Waals surface area (Å²) in [5.74, 6) is 0. The fraction of sp³-hybridized carbons (Fsp3) is 0.786. The van der Waals surface area contributed by atoms with Gasteiger partial charge in [0.15, 0.2) is 0 Å². The number of hydrogen-bond acceptors (Lipinski definition) is 5. The lowest BCUT2D eigenvalue weighted by Gasteiger charge is -2.13. The fourth-order valence-electron chi connectivity index (χ4n) is 1.49. The second-order valence-corrected chi connectivity index (χ2v) is 6.63. The second kappa shape index (κ2) is 8.64. The topological polar surface area (TPSA) is 43.4 Å². The Morgan fingerprint density at radius 1 is 1.26 bits per heavy atom. The van der Waals surface area contributed by atoms with Crippen LogP contribution in [0.4, 0.5) is 0 Å². The van der Waals surface area contributed by atoms with E-state index in [2.05, 4.69) is 31.1 Å². The summed E-state index contributed by atoms with van der Waals surface area (Å²) in [4.78, 5) is 5.77. The molecule has 0 amide bonds. The average Bonchev–Trinajstić information content (AvgIpc) is 2.81.